The van der Waals surface area contributed by atoms with Crippen LogP contribution in [0.2, 0.25) is 0 Å². The van der Waals surface area contributed by atoms with Gasteiger partial charge in [-0.15, -0.1) is 11.8 Å². The van der Waals surface area contributed by atoms with Crippen molar-refractivity contribution in [3.8, 4) is 17.2 Å². The molecule has 3 aromatic rings. The molecule has 0 N–H and O–H groups in total. The molecule has 2 aliphatic heterocycles. The molecule has 0 amide bonds. The molecule has 3 aromatic carbocycles. The maximum absolute atomic E-state index is 12.7. The Morgan fingerprint density at radius 1 is 0.811 bits per heavy atom. The van der Waals surface area contributed by atoms with Crippen LogP contribution < -0.4 is 14.2 Å². The lowest BCUT2D eigenvalue weighted by Crippen LogP contribution is -2.42. The predicted molar refractivity (Wildman–Crippen MR) is 145 cm³/mol. The zero-order chi connectivity index (χ0) is 25.6. The van der Waals surface area contributed by atoms with Crippen molar-refractivity contribution in [1.82, 2.24) is 0 Å². The number of carbonyl (C=O) groups excluding carboxylic acids is 1. The summed E-state index contributed by atoms with van der Waals surface area (Å²) in [7, 11) is 4.74. The molecule has 1 atom stereocenters. The molecule has 0 bridgehead atoms. The number of carbonyl (C=O) groups is 1. The van der Waals surface area contributed by atoms with E-state index in [0.29, 0.717) is 12.0 Å². The van der Waals surface area contributed by atoms with Gasteiger partial charge in [0.25, 0.3) is 0 Å². The molecule has 5 nitrogen and oxygen atoms in total. The first-order chi connectivity index (χ1) is 18.0. The van der Waals surface area contributed by atoms with Crippen LogP contribution in [-0.4, -0.2) is 32.9 Å². The maximum atomic E-state index is 12.7. The van der Waals surface area contributed by atoms with Gasteiger partial charge in [-0.1, -0.05) is 42.5 Å². The number of fused-ring (bicyclic) bond motifs is 1. The van der Waals surface area contributed by atoms with E-state index in [-0.39, 0.29) is 5.97 Å². The van der Waals surface area contributed by atoms with Crippen LogP contribution >= 0.6 is 11.8 Å². The van der Waals surface area contributed by atoms with Gasteiger partial charge in [0.15, 0.2) is 5.60 Å². The first kappa shape index (κ1) is 23.5. The van der Waals surface area contributed by atoms with E-state index in [9.17, 15) is 4.79 Å². The highest BCUT2D eigenvalue weighted by molar-refractivity contribution is 8.04. The number of hydrogen-bond donors (Lipinski definition) is 0. The number of methoxy groups -OCH3 is 3. The molecule has 0 aromatic heterocycles. The normalized spacial score (nSPS) is 20.7. The van der Waals surface area contributed by atoms with Gasteiger partial charge in [0, 0.05) is 22.5 Å². The van der Waals surface area contributed by atoms with Crippen molar-refractivity contribution in [2.45, 2.75) is 16.8 Å². The van der Waals surface area contributed by atoms with Gasteiger partial charge >= 0.3 is 5.97 Å². The second-order valence-electron chi connectivity index (χ2n) is 9.23. The summed E-state index contributed by atoms with van der Waals surface area (Å²) in [5, 5.41) is 0. The van der Waals surface area contributed by atoms with Gasteiger partial charge in [0.1, 0.15) is 17.2 Å². The maximum Gasteiger partial charge on any atom is 0.337 e. The predicted octanol–water partition coefficient (Wildman–Crippen LogP) is 6.30. The van der Waals surface area contributed by atoms with Gasteiger partial charge in [-0.05, 0) is 59.7 Å². The molecular weight excluding hydrogens is 484 g/mol. The fourth-order valence-electron chi connectivity index (χ4n) is 5.40. The number of thioether (sulfide) groups is 1. The Balaban J connectivity index is 1.57. The number of esters is 1. The zero-order valence-corrected chi connectivity index (χ0v) is 21.6. The summed E-state index contributed by atoms with van der Waals surface area (Å²) in [5.74, 6) is 2.05. The van der Waals surface area contributed by atoms with Crippen molar-refractivity contribution in [1.29, 1.82) is 0 Å². The molecule has 1 aliphatic carbocycles. The fourth-order valence-corrected chi connectivity index (χ4v) is 7.14. The van der Waals surface area contributed by atoms with E-state index in [1.165, 1.54) is 7.11 Å². The van der Waals surface area contributed by atoms with Crippen LogP contribution in [0.5, 0.6) is 17.2 Å². The van der Waals surface area contributed by atoms with Gasteiger partial charge in [-0.25, -0.2) is 4.79 Å². The number of hydrogen-bond acceptors (Lipinski definition) is 6. The third kappa shape index (κ3) is 3.66. The topological polar surface area (TPSA) is 54.0 Å². The summed E-state index contributed by atoms with van der Waals surface area (Å²) in [4.78, 5) is 13.7. The fraction of sp³-hybridized carbons (Fsp3) is 0.194. The van der Waals surface area contributed by atoms with Crippen LogP contribution in [0.1, 0.15) is 23.1 Å². The Morgan fingerprint density at radius 3 is 2.03 bits per heavy atom. The Kier molecular flexibility index (Phi) is 5.64. The highest BCUT2D eigenvalue weighted by Gasteiger charge is 2.59. The average Bonchev–Trinajstić information content (AvgIpc) is 3.29. The van der Waals surface area contributed by atoms with E-state index >= 15 is 0 Å². The Labute approximate surface area is 220 Å². The van der Waals surface area contributed by atoms with E-state index in [2.05, 4.69) is 30.3 Å². The summed E-state index contributed by atoms with van der Waals surface area (Å²) < 4.78 is 22.4. The Morgan fingerprint density at radius 2 is 1.43 bits per heavy atom. The Bertz CT molecular complexity index is 1420. The molecule has 0 saturated carbocycles. The molecule has 1 fully saturated rings. The molecule has 3 aliphatic rings. The van der Waals surface area contributed by atoms with E-state index in [1.807, 2.05) is 60.7 Å². The minimum atomic E-state index is -0.740. The number of rotatable bonds is 5. The molecule has 6 heteroatoms. The molecular formula is C31H26O5S. The molecule has 1 spiro atoms. The minimum Gasteiger partial charge on any atom is -0.497 e. The number of ether oxygens (including phenoxy) is 4. The van der Waals surface area contributed by atoms with Crippen LogP contribution in [-0.2, 0) is 14.3 Å². The van der Waals surface area contributed by atoms with E-state index < -0.39 is 10.3 Å². The summed E-state index contributed by atoms with van der Waals surface area (Å²) in [6, 6.07) is 24.4. The first-order valence-corrected chi connectivity index (χ1v) is 12.8. The van der Waals surface area contributed by atoms with Crippen LogP contribution in [0, 0.1) is 0 Å². The summed E-state index contributed by atoms with van der Waals surface area (Å²) in [5.41, 5.74) is 3.94. The number of benzene rings is 3. The van der Waals surface area contributed by atoms with E-state index in [0.717, 1.165) is 44.4 Å². The van der Waals surface area contributed by atoms with Gasteiger partial charge < -0.3 is 18.9 Å². The number of para-hydroxylation sites is 1. The summed E-state index contributed by atoms with van der Waals surface area (Å²) in [6.07, 6.45) is 6.61. The summed E-state index contributed by atoms with van der Waals surface area (Å²) >= 11 is 1.72. The third-order valence-corrected chi connectivity index (χ3v) is 8.92. The molecule has 186 valence electrons. The molecule has 1 saturated heterocycles. The van der Waals surface area contributed by atoms with Crippen LogP contribution in [0.15, 0.2) is 101 Å². The molecule has 0 radical (unpaired) electrons. The zero-order valence-electron chi connectivity index (χ0n) is 20.8. The minimum absolute atomic E-state index is 0.368. The second kappa shape index (κ2) is 8.89. The van der Waals surface area contributed by atoms with Crippen molar-refractivity contribution >= 4 is 23.8 Å². The lowest BCUT2D eigenvalue weighted by molar-refractivity contribution is -0.135. The SMILES string of the molecule is COC(=O)C1=CC2=Cc3ccccc3OC23CC(c2ccc(OC)cc2)(c2ccc(OC)cc2)SC3=C1. The summed E-state index contributed by atoms with van der Waals surface area (Å²) in [6.45, 7) is 0. The van der Waals surface area contributed by atoms with Gasteiger partial charge in [0.05, 0.1) is 31.6 Å². The Hall–Kier alpha value is -3.90. The highest BCUT2D eigenvalue weighted by atomic mass is 32.2. The van der Waals surface area contributed by atoms with Gasteiger partial charge in [0.2, 0.25) is 0 Å². The standard InChI is InChI=1S/C31H26O5S/c1-33-25-12-8-22(9-13-25)31(23-10-14-26(34-2)15-11-23)19-30-24(16-20-6-4-5-7-27(20)36-30)17-21(29(32)35-3)18-28(30)37-31/h4-18H,19H2,1-3H3. The quantitative estimate of drug-likeness (QED) is 0.376. The lowest BCUT2D eigenvalue weighted by atomic mass is 9.74. The van der Waals surface area contributed by atoms with Crippen molar-refractivity contribution < 1.29 is 23.7 Å². The third-order valence-electron chi connectivity index (χ3n) is 7.29. The highest BCUT2D eigenvalue weighted by Crippen LogP contribution is 2.66. The second-order valence-corrected chi connectivity index (χ2v) is 10.6. The van der Waals surface area contributed by atoms with Crippen LogP contribution in [0.3, 0.4) is 0 Å². The lowest BCUT2D eigenvalue weighted by Gasteiger charge is -2.39. The monoisotopic (exact) mass is 510 g/mol. The van der Waals surface area contributed by atoms with E-state index in [4.69, 9.17) is 18.9 Å². The van der Waals surface area contributed by atoms with Crippen LogP contribution in [0.25, 0.3) is 6.08 Å². The molecule has 1 unspecified atom stereocenters. The largest absolute Gasteiger partial charge is 0.497 e. The van der Waals surface area contributed by atoms with Gasteiger partial charge in [-0.3, -0.25) is 0 Å². The molecule has 37 heavy (non-hydrogen) atoms. The van der Waals surface area contributed by atoms with Gasteiger partial charge in [-0.2, -0.15) is 0 Å². The molecule has 6 rings (SSSR count). The van der Waals surface area contributed by atoms with Crippen LogP contribution in [0.4, 0.5) is 0 Å². The van der Waals surface area contributed by atoms with Crippen molar-refractivity contribution in [2.75, 3.05) is 21.3 Å². The van der Waals surface area contributed by atoms with E-state index in [1.54, 1.807) is 26.0 Å². The van der Waals surface area contributed by atoms with Crippen molar-refractivity contribution in [3.63, 3.8) is 0 Å². The first-order valence-electron chi connectivity index (χ1n) is 12.0. The average molecular weight is 511 g/mol. The van der Waals surface area contributed by atoms with Crippen molar-refractivity contribution in [3.05, 3.63) is 118 Å². The molecule has 2 heterocycles. The smallest absolute Gasteiger partial charge is 0.337 e. The van der Waals surface area contributed by atoms with Crippen molar-refractivity contribution in [2.24, 2.45) is 0 Å².